The van der Waals surface area contributed by atoms with Gasteiger partial charge in [-0.1, -0.05) is 141 Å². The van der Waals surface area contributed by atoms with E-state index in [0.717, 1.165) is 30.8 Å². The number of carbonyl (C=O) groups excluding carboxylic acids is 1. The van der Waals surface area contributed by atoms with Crippen LogP contribution in [0.5, 0.6) is 5.75 Å². The highest BCUT2D eigenvalue weighted by Crippen LogP contribution is 2.16. The molecular formula is C35H52O2. The number of ketones is 1. The zero-order chi connectivity index (χ0) is 26.4. The first-order chi connectivity index (χ1) is 18.2. The first-order valence-electron chi connectivity index (χ1n) is 15.3. The Hall–Kier alpha value is -2.35. The summed E-state index contributed by atoms with van der Waals surface area (Å²) in [6, 6.07) is 15.8. The second-order valence-corrected chi connectivity index (χ2v) is 10.5. The first kappa shape index (κ1) is 30.9. The molecule has 0 fully saturated rings. The van der Waals surface area contributed by atoms with Gasteiger partial charge in [-0.05, 0) is 54.3 Å². The van der Waals surface area contributed by atoms with Crippen molar-refractivity contribution < 1.29 is 9.53 Å². The Bertz CT molecular complexity index is 848. The molecule has 2 heteroatoms. The van der Waals surface area contributed by atoms with Crippen LogP contribution in [0.3, 0.4) is 0 Å². The maximum Gasteiger partial charge on any atom is 0.185 e. The fraction of sp³-hybridized carbons (Fsp3) is 0.571. The fourth-order valence-corrected chi connectivity index (χ4v) is 4.69. The Kier molecular flexibility index (Phi) is 17.3. The molecule has 0 N–H and O–H groups in total. The van der Waals surface area contributed by atoms with Gasteiger partial charge in [-0.15, -0.1) is 0 Å². The predicted octanol–water partition coefficient (Wildman–Crippen LogP) is 10.8. The smallest absolute Gasteiger partial charge is 0.185 e. The van der Waals surface area contributed by atoms with Crippen LogP contribution in [0.25, 0.3) is 6.08 Å². The Morgan fingerprint density at radius 2 is 1.11 bits per heavy atom. The molecule has 0 aromatic heterocycles. The van der Waals surface area contributed by atoms with Crippen LogP contribution >= 0.6 is 0 Å². The van der Waals surface area contributed by atoms with Crippen molar-refractivity contribution in [3.8, 4) is 5.75 Å². The van der Waals surface area contributed by atoms with Crippen LogP contribution in [0.2, 0.25) is 0 Å². The van der Waals surface area contributed by atoms with Gasteiger partial charge in [0.2, 0.25) is 0 Å². The topological polar surface area (TPSA) is 26.3 Å². The molecule has 37 heavy (non-hydrogen) atoms. The van der Waals surface area contributed by atoms with Gasteiger partial charge in [0.05, 0.1) is 6.61 Å². The number of carbonyl (C=O) groups is 1. The molecule has 2 nitrogen and oxygen atoms in total. The zero-order valence-electron chi connectivity index (χ0n) is 23.8. The normalized spacial score (nSPS) is 11.3. The molecule has 204 valence electrons. The molecule has 0 aliphatic rings. The first-order valence-corrected chi connectivity index (χ1v) is 15.3. The van der Waals surface area contributed by atoms with Gasteiger partial charge < -0.3 is 4.74 Å². The van der Waals surface area contributed by atoms with Crippen molar-refractivity contribution in [1.82, 2.24) is 0 Å². The molecule has 0 radical (unpaired) electrons. The molecule has 0 bridgehead atoms. The van der Waals surface area contributed by atoms with Gasteiger partial charge in [-0.2, -0.15) is 0 Å². The molecule has 0 aliphatic carbocycles. The molecule has 0 aliphatic heterocycles. The van der Waals surface area contributed by atoms with Gasteiger partial charge in [-0.3, -0.25) is 4.79 Å². The van der Waals surface area contributed by atoms with Gasteiger partial charge in [0, 0.05) is 5.56 Å². The van der Waals surface area contributed by atoms with Crippen LogP contribution < -0.4 is 4.74 Å². The zero-order valence-corrected chi connectivity index (χ0v) is 23.8. The molecular weight excluding hydrogens is 452 g/mol. The van der Waals surface area contributed by atoms with Gasteiger partial charge in [0.25, 0.3) is 0 Å². The Balaban J connectivity index is 1.44. The van der Waals surface area contributed by atoms with E-state index in [4.69, 9.17) is 4.74 Å². The Morgan fingerprint density at radius 1 is 0.622 bits per heavy atom. The SMILES string of the molecule is CCCCCCCCCCCCCCCCCCOc1ccc(C(=O)C=Cc2ccc(CC)cc2)cc1. The number of hydrogen-bond donors (Lipinski definition) is 0. The minimum Gasteiger partial charge on any atom is -0.494 e. The average Bonchev–Trinajstić information content (AvgIpc) is 2.94. The maximum absolute atomic E-state index is 12.5. The van der Waals surface area contributed by atoms with E-state index < -0.39 is 0 Å². The van der Waals surface area contributed by atoms with E-state index in [-0.39, 0.29) is 5.78 Å². The summed E-state index contributed by atoms with van der Waals surface area (Å²) >= 11 is 0. The van der Waals surface area contributed by atoms with Crippen LogP contribution in [-0.2, 0) is 6.42 Å². The molecule has 0 amide bonds. The van der Waals surface area contributed by atoms with E-state index in [2.05, 4.69) is 38.1 Å². The summed E-state index contributed by atoms with van der Waals surface area (Å²) in [6.45, 7) is 5.18. The maximum atomic E-state index is 12.5. The van der Waals surface area contributed by atoms with Gasteiger partial charge in [0.15, 0.2) is 5.78 Å². The van der Waals surface area contributed by atoms with E-state index in [0.29, 0.717) is 5.56 Å². The summed E-state index contributed by atoms with van der Waals surface area (Å²) in [7, 11) is 0. The minimum absolute atomic E-state index is 0.0175. The molecule has 2 aromatic carbocycles. The summed E-state index contributed by atoms with van der Waals surface area (Å²) < 4.78 is 5.88. The third-order valence-corrected chi connectivity index (χ3v) is 7.22. The molecule has 0 saturated carbocycles. The Labute approximate surface area is 227 Å². The summed E-state index contributed by atoms with van der Waals surface area (Å²) in [5.74, 6) is 0.862. The molecule has 2 aromatic rings. The molecule has 0 atom stereocenters. The average molecular weight is 505 g/mol. The number of unbranched alkanes of at least 4 members (excludes halogenated alkanes) is 15. The van der Waals surface area contributed by atoms with Crippen molar-refractivity contribution in [2.24, 2.45) is 0 Å². The van der Waals surface area contributed by atoms with Gasteiger partial charge >= 0.3 is 0 Å². The van der Waals surface area contributed by atoms with Crippen molar-refractivity contribution in [1.29, 1.82) is 0 Å². The van der Waals surface area contributed by atoms with E-state index in [1.807, 2.05) is 30.3 Å². The lowest BCUT2D eigenvalue weighted by Crippen LogP contribution is -1.99. The fourth-order valence-electron chi connectivity index (χ4n) is 4.69. The third kappa shape index (κ3) is 14.8. The van der Waals surface area contributed by atoms with Crippen molar-refractivity contribution >= 4 is 11.9 Å². The van der Waals surface area contributed by atoms with Gasteiger partial charge in [-0.25, -0.2) is 0 Å². The molecule has 2 rings (SSSR count). The largest absolute Gasteiger partial charge is 0.494 e. The number of rotatable bonds is 22. The van der Waals surface area contributed by atoms with Crippen molar-refractivity contribution in [2.75, 3.05) is 6.61 Å². The third-order valence-electron chi connectivity index (χ3n) is 7.22. The second-order valence-electron chi connectivity index (χ2n) is 10.5. The molecule has 0 unspecified atom stereocenters. The lowest BCUT2D eigenvalue weighted by atomic mass is 10.0. The quantitative estimate of drug-likeness (QED) is 0.0905. The highest BCUT2D eigenvalue weighted by molar-refractivity contribution is 6.06. The molecule has 0 heterocycles. The molecule has 0 spiro atoms. The highest BCUT2D eigenvalue weighted by Gasteiger charge is 2.03. The van der Waals surface area contributed by atoms with Crippen LogP contribution in [0, 0.1) is 0 Å². The van der Waals surface area contributed by atoms with Crippen LogP contribution in [0.15, 0.2) is 54.6 Å². The number of hydrogen-bond acceptors (Lipinski definition) is 2. The lowest BCUT2D eigenvalue weighted by Gasteiger charge is -2.07. The number of aryl methyl sites for hydroxylation is 1. The number of ether oxygens (including phenoxy) is 1. The van der Waals surface area contributed by atoms with Crippen molar-refractivity contribution in [3.63, 3.8) is 0 Å². The standard InChI is InChI=1S/C35H52O2/c1-3-5-6-7-8-9-10-11-12-13-14-15-16-17-18-19-30-37-34-27-25-33(26-28-34)35(36)29-24-32-22-20-31(4-2)21-23-32/h20-29H,3-19,30H2,1-2H3. The summed E-state index contributed by atoms with van der Waals surface area (Å²) in [4.78, 5) is 12.5. The van der Waals surface area contributed by atoms with E-state index in [9.17, 15) is 4.79 Å². The van der Waals surface area contributed by atoms with Gasteiger partial charge in [0.1, 0.15) is 5.75 Å². The summed E-state index contributed by atoms with van der Waals surface area (Å²) in [5.41, 5.74) is 3.04. The summed E-state index contributed by atoms with van der Waals surface area (Å²) in [5, 5.41) is 0. The van der Waals surface area contributed by atoms with Crippen molar-refractivity contribution in [3.05, 3.63) is 71.3 Å². The van der Waals surface area contributed by atoms with Crippen LogP contribution in [0.4, 0.5) is 0 Å². The Morgan fingerprint density at radius 3 is 1.59 bits per heavy atom. The molecule has 0 saturated heterocycles. The van der Waals surface area contributed by atoms with E-state index in [1.165, 1.54) is 102 Å². The predicted molar refractivity (Wildman–Crippen MR) is 161 cm³/mol. The number of benzene rings is 2. The number of allylic oxidation sites excluding steroid dienone is 1. The minimum atomic E-state index is 0.0175. The summed E-state index contributed by atoms with van der Waals surface area (Å²) in [6.07, 6.45) is 26.6. The van der Waals surface area contributed by atoms with Crippen LogP contribution in [-0.4, -0.2) is 12.4 Å². The van der Waals surface area contributed by atoms with E-state index >= 15 is 0 Å². The monoisotopic (exact) mass is 504 g/mol. The van der Waals surface area contributed by atoms with Crippen molar-refractivity contribution in [2.45, 2.75) is 123 Å². The van der Waals surface area contributed by atoms with Crippen LogP contribution in [0.1, 0.15) is 138 Å². The lowest BCUT2D eigenvalue weighted by molar-refractivity contribution is 0.104. The second kappa shape index (κ2) is 20.7. The highest BCUT2D eigenvalue weighted by atomic mass is 16.5. The van der Waals surface area contributed by atoms with E-state index in [1.54, 1.807) is 6.08 Å².